The predicted molar refractivity (Wildman–Crippen MR) is 156 cm³/mol. The van der Waals surface area contributed by atoms with Gasteiger partial charge in [0.25, 0.3) is 0 Å². The van der Waals surface area contributed by atoms with E-state index in [1.54, 1.807) is 7.11 Å². The summed E-state index contributed by atoms with van der Waals surface area (Å²) in [4.78, 5) is 17.2. The highest BCUT2D eigenvalue weighted by molar-refractivity contribution is 5.82. The Balaban J connectivity index is 1.31. The smallest absolute Gasteiger partial charge is 0.407 e. The molecule has 1 saturated carbocycles. The molecule has 1 N–H and O–H groups in total. The van der Waals surface area contributed by atoms with Gasteiger partial charge in [0.2, 0.25) is 0 Å². The lowest BCUT2D eigenvalue weighted by Crippen LogP contribution is -2.52. The van der Waals surface area contributed by atoms with E-state index < -0.39 is 0 Å². The zero-order valence-electron chi connectivity index (χ0n) is 22.9. The van der Waals surface area contributed by atoms with E-state index in [0.29, 0.717) is 5.92 Å². The minimum absolute atomic E-state index is 0.0247. The van der Waals surface area contributed by atoms with Gasteiger partial charge < -0.3 is 14.8 Å². The van der Waals surface area contributed by atoms with Gasteiger partial charge in [-0.05, 0) is 84.7 Å². The van der Waals surface area contributed by atoms with Crippen molar-refractivity contribution in [3.05, 3.63) is 108 Å². The van der Waals surface area contributed by atoms with Crippen LogP contribution in [0.5, 0.6) is 5.75 Å². The normalized spacial score (nSPS) is 19.8. The number of amides is 1. The fourth-order valence-corrected chi connectivity index (χ4v) is 6.29. The van der Waals surface area contributed by atoms with E-state index in [4.69, 9.17) is 9.47 Å². The first-order valence-electron chi connectivity index (χ1n) is 14.0. The number of fused-ring (bicyclic) bond motifs is 1. The molecule has 1 aliphatic rings. The molecular formula is C34H38N2O3. The van der Waals surface area contributed by atoms with Crippen LogP contribution in [0.1, 0.15) is 55.7 Å². The molecule has 1 aromatic heterocycles. The number of pyridine rings is 1. The molecule has 1 atom stereocenters. The van der Waals surface area contributed by atoms with Gasteiger partial charge in [-0.25, -0.2) is 4.79 Å². The molecule has 3 aromatic carbocycles. The highest BCUT2D eigenvalue weighted by Crippen LogP contribution is 2.46. The maximum atomic E-state index is 13.0. The third-order valence-corrected chi connectivity index (χ3v) is 8.47. The molecule has 0 aliphatic heterocycles. The van der Waals surface area contributed by atoms with Crippen LogP contribution in [-0.2, 0) is 23.2 Å². The first-order valence-corrected chi connectivity index (χ1v) is 14.0. The van der Waals surface area contributed by atoms with Gasteiger partial charge in [-0.1, -0.05) is 67.6 Å². The van der Waals surface area contributed by atoms with Crippen LogP contribution < -0.4 is 10.1 Å². The standard InChI is InChI=1S/C34H38N2O3/c1-3-32(36-33(37)39-24-26-7-5-4-6-8-26)34(30-11-13-31(38-2)14-12-30)18-15-25(16-19-34)21-27-9-10-29-23-35-20-17-28(29)22-27/h4-14,17,20,22-23,25,32H,3,15-16,18-19,21,24H2,1-2H3,(H,36,37). The molecule has 202 valence electrons. The summed E-state index contributed by atoms with van der Waals surface area (Å²) < 4.78 is 11.1. The van der Waals surface area contributed by atoms with Crippen molar-refractivity contribution in [2.45, 2.75) is 63.5 Å². The monoisotopic (exact) mass is 522 g/mol. The van der Waals surface area contributed by atoms with Crippen LogP contribution in [-0.4, -0.2) is 24.2 Å². The highest BCUT2D eigenvalue weighted by Gasteiger charge is 2.43. The number of nitrogens with one attached hydrogen (secondary N) is 1. The van der Waals surface area contributed by atoms with Crippen LogP contribution in [0, 0.1) is 5.92 Å². The Kier molecular flexibility index (Phi) is 8.45. The number of carbonyl (C=O) groups is 1. The number of alkyl carbamates (subject to hydrolysis) is 1. The molecule has 1 amide bonds. The quantitative estimate of drug-likeness (QED) is 0.246. The van der Waals surface area contributed by atoms with Crippen LogP contribution in [0.15, 0.2) is 91.3 Å². The second-order valence-electron chi connectivity index (χ2n) is 10.8. The van der Waals surface area contributed by atoms with E-state index in [-0.39, 0.29) is 24.2 Å². The number of ether oxygens (including phenoxy) is 2. The summed E-state index contributed by atoms with van der Waals surface area (Å²) in [7, 11) is 1.69. The van der Waals surface area contributed by atoms with Gasteiger partial charge in [0, 0.05) is 29.2 Å². The van der Waals surface area contributed by atoms with Gasteiger partial charge in [0.1, 0.15) is 12.4 Å². The van der Waals surface area contributed by atoms with Crippen molar-refractivity contribution in [1.82, 2.24) is 10.3 Å². The van der Waals surface area contributed by atoms with Crippen molar-refractivity contribution < 1.29 is 14.3 Å². The fourth-order valence-electron chi connectivity index (χ4n) is 6.29. The topological polar surface area (TPSA) is 60.5 Å². The minimum atomic E-state index is -0.355. The lowest BCUT2D eigenvalue weighted by molar-refractivity contribution is 0.117. The van der Waals surface area contributed by atoms with Crippen molar-refractivity contribution in [3.63, 3.8) is 0 Å². The Bertz CT molecular complexity index is 1360. The van der Waals surface area contributed by atoms with E-state index >= 15 is 0 Å². The summed E-state index contributed by atoms with van der Waals surface area (Å²) in [6.07, 6.45) is 9.57. The molecule has 5 rings (SSSR count). The molecule has 1 heterocycles. The van der Waals surface area contributed by atoms with E-state index in [9.17, 15) is 4.79 Å². The van der Waals surface area contributed by atoms with Crippen molar-refractivity contribution in [2.75, 3.05) is 7.11 Å². The predicted octanol–water partition coefficient (Wildman–Crippen LogP) is 7.62. The van der Waals surface area contributed by atoms with Gasteiger partial charge >= 0.3 is 6.09 Å². The summed E-state index contributed by atoms with van der Waals surface area (Å²) in [6.45, 7) is 2.42. The van der Waals surface area contributed by atoms with Gasteiger partial charge in [0.15, 0.2) is 0 Å². The average Bonchev–Trinajstić information content (AvgIpc) is 3.00. The zero-order chi connectivity index (χ0) is 27.1. The van der Waals surface area contributed by atoms with Gasteiger partial charge in [0.05, 0.1) is 7.11 Å². The summed E-state index contributed by atoms with van der Waals surface area (Å²) in [5.41, 5.74) is 3.47. The summed E-state index contributed by atoms with van der Waals surface area (Å²) in [5.74, 6) is 1.45. The zero-order valence-corrected chi connectivity index (χ0v) is 22.9. The molecule has 0 radical (unpaired) electrons. The Hall–Kier alpha value is -3.86. The number of aromatic nitrogens is 1. The SMILES string of the molecule is CCC(NC(=O)OCc1ccccc1)C1(c2ccc(OC)cc2)CCC(Cc2ccc3cnccc3c2)CC1. The number of benzene rings is 3. The molecule has 1 fully saturated rings. The molecule has 0 saturated heterocycles. The molecular weight excluding hydrogens is 484 g/mol. The number of rotatable bonds is 9. The van der Waals surface area contributed by atoms with Crippen LogP contribution in [0.3, 0.4) is 0 Å². The van der Waals surface area contributed by atoms with Crippen LogP contribution >= 0.6 is 0 Å². The summed E-state index contributed by atoms with van der Waals surface area (Å²) >= 11 is 0. The molecule has 5 nitrogen and oxygen atoms in total. The highest BCUT2D eigenvalue weighted by atomic mass is 16.5. The Morgan fingerprint density at radius 3 is 2.46 bits per heavy atom. The number of methoxy groups -OCH3 is 1. The van der Waals surface area contributed by atoms with Crippen LogP contribution in [0.2, 0.25) is 0 Å². The molecule has 0 bridgehead atoms. The first-order chi connectivity index (χ1) is 19.1. The van der Waals surface area contributed by atoms with Gasteiger partial charge in [-0.3, -0.25) is 4.98 Å². The van der Waals surface area contributed by atoms with E-state index in [1.165, 1.54) is 21.9 Å². The third kappa shape index (κ3) is 6.25. The Morgan fingerprint density at radius 1 is 0.974 bits per heavy atom. The van der Waals surface area contributed by atoms with Crippen molar-refractivity contribution >= 4 is 16.9 Å². The largest absolute Gasteiger partial charge is 0.497 e. The molecule has 1 aliphatic carbocycles. The maximum Gasteiger partial charge on any atom is 0.407 e. The van der Waals surface area contributed by atoms with Crippen LogP contribution in [0.4, 0.5) is 4.79 Å². The maximum absolute atomic E-state index is 13.0. The molecule has 5 heteroatoms. The lowest BCUT2D eigenvalue weighted by atomic mass is 9.61. The number of carbonyl (C=O) groups excluding carboxylic acids is 1. The first kappa shape index (κ1) is 26.7. The lowest BCUT2D eigenvalue weighted by Gasteiger charge is -2.46. The van der Waals surface area contributed by atoms with Crippen LogP contribution in [0.25, 0.3) is 10.8 Å². The fraction of sp³-hybridized carbons (Fsp3) is 0.353. The number of hydrogen-bond donors (Lipinski definition) is 1. The van der Waals surface area contributed by atoms with E-state index in [0.717, 1.165) is 49.8 Å². The summed E-state index contributed by atoms with van der Waals surface area (Å²) in [5, 5.41) is 5.69. The molecule has 4 aromatic rings. The van der Waals surface area contributed by atoms with E-state index in [2.05, 4.69) is 53.6 Å². The third-order valence-electron chi connectivity index (χ3n) is 8.47. The second kappa shape index (κ2) is 12.3. The molecule has 0 spiro atoms. The number of hydrogen-bond acceptors (Lipinski definition) is 4. The Morgan fingerprint density at radius 2 is 1.74 bits per heavy atom. The van der Waals surface area contributed by atoms with Crippen molar-refractivity contribution in [3.8, 4) is 5.75 Å². The second-order valence-corrected chi connectivity index (χ2v) is 10.8. The molecule has 1 unspecified atom stereocenters. The summed E-state index contributed by atoms with van der Waals surface area (Å²) in [6, 6.07) is 27.0. The Labute approximate surface area is 231 Å². The van der Waals surface area contributed by atoms with Crippen molar-refractivity contribution in [2.24, 2.45) is 5.92 Å². The van der Waals surface area contributed by atoms with Crippen molar-refractivity contribution in [1.29, 1.82) is 0 Å². The minimum Gasteiger partial charge on any atom is -0.497 e. The number of nitrogens with zero attached hydrogens (tertiary/aromatic N) is 1. The van der Waals surface area contributed by atoms with Gasteiger partial charge in [-0.2, -0.15) is 0 Å². The van der Waals surface area contributed by atoms with E-state index in [1.807, 2.05) is 54.9 Å². The molecule has 39 heavy (non-hydrogen) atoms. The average molecular weight is 523 g/mol. The van der Waals surface area contributed by atoms with Gasteiger partial charge in [-0.15, -0.1) is 0 Å².